The van der Waals surface area contributed by atoms with E-state index in [-0.39, 0.29) is 10.8 Å². The Kier molecular flexibility index (Phi) is 4.60. The van der Waals surface area contributed by atoms with Gasteiger partial charge in [0.2, 0.25) is 0 Å². The number of halogens is 2. The van der Waals surface area contributed by atoms with Crippen LogP contribution in [-0.4, -0.2) is 18.2 Å². The average Bonchev–Trinajstić information content (AvgIpc) is 2.29. The molecule has 1 saturated heterocycles. The minimum absolute atomic E-state index is 0.183. The Balaban J connectivity index is 1.89. The van der Waals surface area contributed by atoms with E-state index < -0.39 is 0 Å². The zero-order valence-electron chi connectivity index (χ0n) is 10.7. The molecule has 0 amide bonds. The molecule has 2 atom stereocenters. The third-order valence-electron chi connectivity index (χ3n) is 3.28. The second-order valence-corrected chi connectivity index (χ2v) is 5.46. The van der Waals surface area contributed by atoms with Crippen LogP contribution in [0.4, 0.5) is 4.39 Å². The van der Waals surface area contributed by atoms with Gasteiger partial charge in [0.05, 0.1) is 17.2 Å². The van der Waals surface area contributed by atoms with Crippen molar-refractivity contribution >= 4 is 11.6 Å². The van der Waals surface area contributed by atoms with Gasteiger partial charge in [-0.3, -0.25) is 0 Å². The third kappa shape index (κ3) is 3.67. The van der Waals surface area contributed by atoms with Crippen LogP contribution in [-0.2, 0) is 11.3 Å². The number of nitrogens with one attached hydrogen (secondary N) is 1. The number of ether oxygens (including phenoxy) is 1. The van der Waals surface area contributed by atoms with E-state index >= 15 is 0 Å². The van der Waals surface area contributed by atoms with E-state index in [1.807, 2.05) is 0 Å². The lowest BCUT2D eigenvalue weighted by molar-refractivity contribution is -0.0422. The van der Waals surface area contributed by atoms with Crippen molar-refractivity contribution in [3.05, 3.63) is 34.6 Å². The topological polar surface area (TPSA) is 21.3 Å². The normalized spacial score (nSPS) is 28.3. The van der Waals surface area contributed by atoms with Crippen molar-refractivity contribution in [1.82, 2.24) is 5.32 Å². The maximum atomic E-state index is 13.0. The summed E-state index contributed by atoms with van der Waals surface area (Å²) in [6, 6.07) is 5.30. The van der Waals surface area contributed by atoms with Gasteiger partial charge in [-0.15, -0.1) is 0 Å². The van der Waals surface area contributed by atoms with Crippen LogP contribution < -0.4 is 5.32 Å². The van der Waals surface area contributed by atoms with Crippen molar-refractivity contribution in [3.8, 4) is 0 Å². The van der Waals surface area contributed by atoms with Crippen LogP contribution in [0.2, 0.25) is 5.02 Å². The van der Waals surface area contributed by atoms with Gasteiger partial charge in [0, 0.05) is 12.6 Å². The average molecular weight is 272 g/mol. The molecule has 2 nitrogen and oxygen atoms in total. The van der Waals surface area contributed by atoms with Crippen LogP contribution >= 0.6 is 11.6 Å². The third-order valence-corrected chi connectivity index (χ3v) is 3.57. The molecule has 1 aliphatic rings. The van der Waals surface area contributed by atoms with E-state index in [1.165, 1.54) is 6.07 Å². The number of hydrogen-bond donors (Lipinski definition) is 1. The molecule has 2 unspecified atom stereocenters. The first-order chi connectivity index (χ1) is 8.54. The van der Waals surface area contributed by atoms with Gasteiger partial charge in [-0.2, -0.15) is 0 Å². The Bertz CT molecular complexity index is 403. The smallest absolute Gasteiger partial charge is 0.141 e. The second-order valence-electron chi connectivity index (χ2n) is 5.06. The molecule has 1 heterocycles. The SMILES string of the molecule is CC1CC(NCc2ccc(F)c(Cl)c2)CC(C)O1. The molecule has 4 heteroatoms. The summed E-state index contributed by atoms with van der Waals surface area (Å²) in [5.74, 6) is -0.367. The zero-order valence-corrected chi connectivity index (χ0v) is 11.5. The van der Waals surface area contributed by atoms with Crippen molar-refractivity contribution in [2.45, 2.75) is 51.5 Å². The van der Waals surface area contributed by atoms with Gasteiger partial charge in [0.1, 0.15) is 5.82 Å². The molecule has 0 aliphatic carbocycles. The Labute approximate surface area is 112 Å². The molecular weight excluding hydrogens is 253 g/mol. The van der Waals surface area contributed by atoms with Crippen LogP contribution in [0.1, 0.15) is 32.3 Å². The summed E-state index contributed by atoms with van der Waals surface area (Å²) >= 11 is 5.76. The molecule has 1 aromatic carbocycles. The fourth-order valence-corrected chi connectivity index (χ4v) is 2.69. The first-order valence-corrected chi connectivity index (χ1v) is 6.75. The number of hydrogen-bond acceptors (Lipinski definition) is 2. The van der Waals surface area contributed by atoms with Gasteiger partial charge in [-0.1, -0.05) is 17.7 Å². The van der Waals surface area contributed by atoms with Crippen molar-refractivity contribution in [1.29, 1.82) is 0 Å². The maximum absolute atomic E-state index is 13.0. The first kappa shape index (κ1) is 13.8. The standard InChI is InChI=1S/C14H19ClFNO/c1-9-5-12(6-10(2)18-9)17-8-11-3-4-14(16)13(15)7-11/h3-4,7,9-10,12,17H,5-6,8H2,1-2H3. The summed E-state index contributed by atoms with van der Waals surface area (Å²) in [5, 5.41) is 3.67. The quantitative estimate of drug-likeness (QED) is 0.908. The summed E-state index contributed by atoms with van der Waals surface area (Å²) < 4.78 is 18.7. The molecule has 0 spiro atoms. The molecule has 2 rings (SSSR count). The second kappa shape index (κ2) is 6.00. The molecule has 0 radical (unpaired) electrons. The summed E-state index contributed by atoms with van der Waals surface area (Å²) in [4.78, 5) is 0. The van der Waals surface area contributed by atoms with E-state index in [9.17, 15) is 4.39 Å². The Hall–Kier alpha value is -0.640. The lowest BCUT2D eigenvalue weighted by Crippen LogP contribution is -2.40. The Morgan fingerprint density at radius 3 is 2.61 bits per heavy atom. The van der Waals surface area contributed by atoms with E-state index in [0.717, 1.165) is 18.4 Å². The minimum Gasteiger partial charge on any atom is -0.375 e. The van der Waals surface area contributed by atoms with Crippen molar-refractivity contribution in [2.75, 3.05) is 0 Å². The van der Waals surface area contributed by atoms with Crippen LogP contribution in [0, 0.1) is 5.82 Å². The van der Waals surface area contributed by atoms with Gasteiger partial charge in [-0.25, -0.2) is 4.39 Å². The molecule has 1 N–H and O–H groups in total. The largest absolute Gasteiger partial charge is 0.375 e. The van der Waals surface area contributed by atoms with E-state index in [4.69, 9.17) is 16.3 Å². The molecule has 0 aromatic heterocycles. The van der Waals surface area contributed by atoms with Gasteiger partial charge in [0.15, 0.2) is 0 Å². The number of benzene rings is 1. The summed E-state index contributed by atoms with van der Waals surface area (Å²) in [5.41, 5.74) is 1.01. The van der Waals surface area contributed by atoms with Gasteiger partial charge >= 0.3 is 0 Å². The first-order valence-electron chi connectivity index (χ1n) is 6.37. The molecule has 1 fully saturated rings. The van der Waals surface area contributed by atoms with Crippen molar-refractivity contribution in [3.63, 3.8) is 0 Å². The highest BCUT2D eigenvalue weighted by Gasteiger charge is 2.23. The highest BCUT2D eigenvalue weighted by atomic mass is 35.5. The maximum Gasteiger partial charge on any atom is 0.141 e. The van der Waals surface area contributed by atoms with Gasteiger partial charge in [0.25, 0.3) is 0 Å². The zero-order chi connectivity index (χ0) is 13.1. The molecule has 0 bridgehead atoms. The van der Waals surface area contributed by atoms with Crippen molar-refractivity contribution in [2.24, 2.45) is 0 Å². The monoisotopic (exact) mass is 271 g/mol. The van der Waals surface area contributed by atoms with Crippen LogP contribution in [0.3, 0.4) is 0 Å². The number of rotatable bonds is 3. The van der Waals surface area contributed by atoms with Gasteiger partial charge in [-0.05, 0) is 44.4 Å². The molecular formula is C14H19ClFNO. The fourth-order valence-electron chi connectivity index (χ4n) is 2.48. The molecule has 100 valence electrons. The Morgan fingerprint density at radius 1 is 1.33 bits per heavy atom. The van der Waals surface area contributed by atoms with E-state index in [0.29, 0.717) is 24.8 Å². The van der Waals surface area contributed by atoms with Crippen molar-refractivity contribution < 1.29 is 9.13 Å². The molecule has 1 aliphatic heterocycles. The minimum atomic E-state index is -0.367. The summed E-state index contributed by atoms with van der Waals surface area (Å²) in [7, 11) is 0. The lowest BCUT2D eigenvalue weighted by Gasteiger charge is -2.32. The Morgan fingerprint density at radius 2 is 2.00 bits per heavy atom. The van der Waals surface area contributed by atoms with Gasteiger partial charge < -0.3 is 10.1 Å². The van der Waals surface area contributed by atoms with Crippen LogP contribution in [0.25, 0.3) is 0 Å². The predicted octanol–water partition coefficient (Wildman–Crippen LogP) is 3.52. The molecule has 18 heavy (non-hydrogen) atoms. The molecule has 1 aromatic rings. The van der Waals surface area contributed by atoms with Crippen LogP contribution in [0.5, 0.6) is 0 Å². The summed E-state index contributed by atoms with van der Waals surface area (Å²) in [6.45, 7) is 4.91. The van der Waals surface area contributed by atoms with Crippen LogP contribution in [0.15, 0.2) is 18.2 Å². The predicted molar refractivity (Wildman–Crippen MR) is 71.3 cm³/mol. The van der Waals surface area contributed by atoms with E-state index in [1.54, 1.807) is 12.1 Å². The fraction of sp³-hybridized carbons (Fsp3) is 0.571. The highest BCUT2D eigenvalue weighted by molar-refractivity contribution is 6.30. The summed E-state index contributed by atoms with van der Waals surface area (Å²) in [6.07, 6.45) is 2.62. The van der Waals surface area contributed by atoms with E-state index in [2.05, 4.69) is 19.2 Å². The molecule has 0 saturated carbocycles. The lowest BCUT2D eigenvalue weighted by atomic mass is 9.99. The highest BCUT2D eigenvalue weighted by Crippen LogP contribution is 2.20.